The van der Waals surface area contributed by atoms with Crippen molar-refractivity contribution in [1.82, 2.24) is 14.8 Å². The number of rotatable bonds is 6. The number of carboxylic acids is 1. The summed E-state index contributed by atoms with van der Waals surface area (Å²) in [5.74, 6) is -1.88. The van der Waals surface area contributed by atoms with Crippen molar-refractivity contribution in [1.29, 1.82) is 0 Å². The number of aliphatic carboxylic acids is 1. The Morgan fingerprint density at radius 1 is 1.19 bits per heavy atom. The zero-order valence-electron chi connectivity index (χ0n) is 17.7. The van der Waals surface area contributed by atoms with Gasteiger partial charge in [-0.25, -0.2) is 0 Å². The van der Waals surface area contributed by atoms with Gasteiger partial charge in [0.05, 0.1) is 17.2 Å². The molecule has 0 aromatic carbocycles. The van der Waals surface area contributed by atoms with E-state index in [4.69, 9.17) is 0 Å². The Morgan fingerprint density at radius 2 is 1.90 bits per heavy atom. The third-order valence-electron chi connectivity index (χ3n) is 7.21. The average molecular weight is 439 g/mol. The fraction of sp³-hybridized carbons (Fsp3) is 0.682. The summed E-state index contributed by atoms with van der Waals surface area (Å²) in [7, 11) is 0. The van der Waals surface area contributed by atoms with Gasteiger partial charge in [0.25, 0.3) is 0 Å². The first-order chi connectivity index (χ1) is 14.5. The molecule has 1 aromatic heterocycles. The summed E-state index contributed by atoms with van der Waals surface area (Å²) < 4.78 is 39.0. The minimum atomic E-state index is -4.56. The highest BCUT2D eigenvalue weighted by Crippen LogP contribution is 2.52. The van der Waals surface area contributed by atoms with E-state index in [2.05, 4.69) is 9.88 Å². The normalized spacial score (nSPS) is 30.6. The number of amides is 1. The van der Waals surface area contributed by atoms with Crippen LogP contribution in [0, 0.1) is 17.3 Å². The second kappa shape index (κ2) is 7.76. The van der Waals surface area contributed by atoms with Crippen LogP contribution in [0.5, 0.6) is 0 Å². The zero-order chi connectivity index (χ0) is 22.6. The van der Waals surface area contributed by atoms with E-state index in [0.717, 1.165) is 18.5 Å². The lowest BCUT2D eigenvalue weighted by Gasteiger charge is -2.47. The lowest BCUT2D eigenvalue weighted by Crippen LogP contribution is -2.58. The van der Waals surface area contributed by atoms with Crippen LogP contribution >= 0.6 is 0 Å². The van der Waals surface area contributed by atoms with Gasteiger partial charge in [-0.1, -0.05) is 6.07 Å². The number of hydrogen-bond acceptors (Lipinski definition) is 4. The molecule has 0 radical (unpaired) electrons. The minimum absolute atomic E-state index is 0.0260. The van der Waals surface area contributed by atoms with Crippen LogP contribution in [0.3, 0.4) is 0 Å². The molecule has 1 N–H and O–H groups in total. The number of pyridine rings is 1. The van der Waals surface area contributed by atoms with Crippen molar-refractivity contribution in [2.45, 2.75) is 70.4 Å². The first-order valence-electron chi connectivity index (χ1n) is 10.7. The lowest BCUT2D eigenvalue weighted by atomic mass is 9.77. The number of piperidine rings is 2. The molecule has 4 heterocycles. The number of halogens is 3. The van der Waals surface area contributed by atoms with Gasteiger partial charge >= 0.3 is 12.1 Å². The van der Waals surface area contributed by atoms with Gasteiger partial charge in [0.1, 0.15) is 6.42 Å². The third-order valence-corrected chi connectivity index (χ3v) is 7.21. The summed E-state index contributed by atoms with van der Waals surface area (Å²) in [6, 6.07) is 5.18. The molecule has 1 aromatic rings. The number of aromatic nitrogens is 1. The molecular weight excluding hydrogens is 411 g/mol. The van der Waals surface area contributed by atoms with Crippen molar-refractivity contribution in [3.8, 4) is 0 Å². The van der Waals surface area contributed by atoms with Gasteiger partial charge in [-0.3, -0.25) is 19.5 Å². The number of hydrogen-bond donors (Lipinski definition) is 1. The van der Waals surface area contributed by atoms with Crippen LogP contribution in [-0.4, -0.2) is 62.6 Å². The van der Waals surface area contributed by atoms with Crippen LogP contribution in [0.25, 0.3) is 0 Å². The van der Waals surface area contributed by atoms with E-state index in [1.54, 1.807) is 20.0 Å². The van der Waals surface area contributed by atoms with Gasteiger partial charge in [0, 0.05) is 31.4 Å². The number of alkyl halides is 3. The zero-order valence-corrected chi connectivity index (χ0v) is 17.7. The summed E-state index contributed by atoms with van der Waals surface area (Å²) >= 11 is 0. The fourth-order valence-electron chi connectivity index (χ4n) is 5.94. The first-order valence-corrected chi connectivity index (χ1v) is 10.7. The van der Waals surface area contributed by atoms with Gasteiger partial charge in [-0.05, 0) is 57.1 Å². The minimum Gasteiger partial charge on any atom is -0.481 e. The van der Waals surface area contributed by atoms with Crippen molar-refractivity contribution in [2.75, 3.05) is 6.54 Å². The van der Waals surface area contributed by atoms with Crippen LogP contribution in [-0.2, 0) is 16.1 Å². The Hall–Kier alpha value is -2.16. The molecule has 3 aliphatic rings. The van der Waals surface area contributed by atoms with Gasteiger partial charge in [0.15, 0.2) is 0 Å². The number of fused-ring (bicyclic) bond motifs is 2. The van der Waals surface area contributed by atoms with E-state index in [-0.39, 0.29) is 23.9 Å². The molecule has 0 aliphatic carbocycles. The molecule has 31 heavy (non-hydrogen) atoms. The van der Waals surface area contributed by atoms with Crippen LogP contribution in [0.1, 0.15) is 45.2 Å². The Morgan fingerprint density at radius 3 is 2.52 bits per heavy atom. The van der Waals surface area contributed by atoms with Crippen molar-refractivity contribution >= 4 is 11.9 Å². The van der Waals surface area contributed by atoms with Gasteiger partial charge < -0.3 is 10.0 Å². The standard InChI is InChI=1S/C22H28F3N3O3/c1-21(2,20(30)31)9-15-16-7-13-8-17(27(16)12-14-5-3-4-6-26-14)19(15)28(11-13)18(29)10-22(23,24)25/h3-6,13,15-17,19H,7-12H2,1-2H3,(H,30,31)/t13-,15+,16+,17-,19?/m1/s1. The van der Waals surface area contributed by atoms with E-state index in [1.807, 2.05) is 18.2 Å². The Balaban J connectivity index is 1.67. The highest BCUT2D eigenvalue weighted by atomic mass is 19.4. The van der Waals surface area contributed by atoms with Crippen LogP contribution in [0.15, 0.2) is 24.4 Å². The number of carboxylic acid groups (broad SMARTS) is 1. The molecule has 3 aliphatic heterocycles. The van der Waals surface area contributed by atoms with Crippen molar-refractivity contribution in [3.05, 3.63) is 30.1 Å². The molecule has 1 amide bonds. The SMILES string of the molecule is CC(C)(C[C@@H]1C2[C@H]3C[C@@H](C[C@@H]1N3Cc1ccccn1)CN2C(=O)CC(F)(F)F)C(=O)O. The van der Waals surface area contributed by atoms with Crippen molar-refractivity contribution in [2.24, 2.45) is 17.3 Å². The highest BCUT2D eigenvalue weighted by molar-refractivity contribution is 5.78. The van der Waals surface area contributed by atoms with E-state index >= 15 is 0 Å². The quantitative estimate of drug-likeness (QED) is 0.736. The monoisotopic (exact) mass is 439 g/mol. The van der Waals surface area contributed by atoms with E-state index < -0.39 is 35.9 Å². The molecule has 3 saturated heterocycles. The van der Waals surface area contributed by atoms with Crippen molar-refractivity contribution < 1.29 is 27.9 Å². The summed E-state index contributed by atoms with van der Waals surface area (Å²) in [6.45, 7) is 4.17. The van der Waals surface area contributed by atoms with E-state index in [0.29, 0.717) is 19.5 Å². The third kappa shape index (κ3) is 4.29. The second-order valence-electron chi connectivity index (χ2n) is 9.85. The molecule has 3 bridgehead atoms. The van der Waals surface area contributed by atoms with Crippen LogP contribution in [0.4, 0.5) is 13.2 Å². The summed E-state index contributed by atoms with van der Waals surface area (Å²) in [4.78, 5) is 32.6. The van der Waals surface area contributed by atoms with Crippen LogP contribution < -0.4 is 0 Å². The largest absolute Gasteiger partial charge is 0.481 e. The summed E-state index contributed by atoms with van der Waals surface area (Å²) in [5.41, 5.74) is -0.170. The van der Waals surface area contributed by atoms with E-state index in [1.165, 1.54) is 4.90 Å². The Bertz CT molecular complexity index is 845. The average Bonchev–Trinajstić information content (AvgIpc) is 2.79. The molecule has 5 atom stereocenters. The molecule has 4 rings (SSSR count). The topological polar surface area (TPSA) is 73.7 Å². The molecule has 9 heteroatoms. The van der Waals surface area contributed by atoms with Crippen LogP contribution in [0.2, 0.25) is 0 Å². The van der Waals surface area contributed by atoms with Gasteiger partial charge in [-0.15, -0.1) is 0 Å². The molecular formula is C22H28F3N3O3. The van der Waals surface area contributed by atoms with Crippen molar-refractivity contribution in [3.63, 3.8) is 0 Å². The number of carbonyl (C=O) groups excluding carboxylic acids is 1. The number of carbonyl (C=O) groups is 2. The Kier molecular flexibility index (Phi) is 5.52. The number of likely N-dealkylation sites (tertiary alicyclic amines) is 1. The van der Waals surface area contributed by atoms with Gasteiger partial charge in [0.2, 0.25) is 5.91 Å². The second-order valence-corrected chi connectivity index (χ2v) is 9.85. The smallest absolute Gasteiger partial charge is 0.397 e. The predicted octanol–water partition coefficient (Wildman–Crippen LogP) is 3.32. The van der Waals surface area contributed by atoms with Gasteiger partial charge in [-0.2, -0.15) is 13.2 Å². The molecule has 0 spiro atoms. The molecule has 170 valence electrons. The summed E-state index contributed by atoms with van der Waals surface area (Å²) in [5, 5.41) is 9.69. The lowest BCUT2D eigenvalue weighted by molar-refractivity contribution is -0.166. The molecule has 0 saturated carbocycles. The molecule has 1 unspecified atom stereocenters. The Labute approximate surface area is 179 Å². The molecule has 6 nitrogen and oxygen atoms in total. The first kappa shape index (κ1) is 22.0. The predicted molar refractivity (Wildman–Crippen MR) is 106 cm³/mol. The summed E-state index contributed by atoms with van der Waals surface area (Å²) in [6.07, 6.45) is -2.44. The number of nitrogens with zero attached hydrogens (tertiary/aromatic N) is 3. The highest BCUT2D eigenvalue weighted by Gasteiger charge is 2.60. The fourth-order valence-corrected chi connectivity index (χ4v) is 5.94. The maximum Gasteiger partial charge on any atom is 0.397 e. The molecule has 3 fully saturated rings. The maximum absolute atomic E-state index is 13.0. The van der Waals surface area contributed by atoms with E-state index in [9.17, 15) is 27.9 Å². The maximum atomic E-state index is 13.0.